The third-order valence-electron chi connectivity index (χ3n) is 5.46. The Bertz CT molecular complexity index is 1140. The van der Waals surface area contributed by atoms with E-state index in [0.29, 0.717) is 5.01 Å². The molecule has 9 heteroatoms. The molecule has 0 spiro atoms. The Labute approximate surface area is 177 Å². The number of primary amides is 1. The topological polar surface area (TPSA) is 109 Å². The highest BCUT2D eigenvalue weighted by Gasteiger charge is 2.22. The summed E-state index contributed by atoms with van der Waals surface area (Å²) in [7, 11) is 0. The van der Waals surface area contributed by atoms with Crippen LogP contribution in [0.4, 0.5) is 0 Å². The van der Waals surface area contributed by atoms with Gasteiger partial charge in [0.25, 0.3) is 5.91 Å². The van der Waals surface area contributed by atoms with Crippen molar-refractivity contribution in [3.63, 3.8) is 0 Å². The lowest BCUT2D eigenvalue weighted by atomic mass is 10.1. The first-order valence-electron chi connectivity index (χ1n) is 10.0. The van der Waals surface area contributed by atoms with E-state index in [-0.39, 0.29) is 11.2 Å². The highest BCUT2D eigenvalue weighted by molar-refractivity contribution is 7.16. The van der Waals surface area contributed by atoms with Crippen molar-refractivity contribution in [2.24, 2.45) is 10.7 Å². The summed E-state index contributed by atoms with van der Waals surface area (Å²) in [5.41, 5.74) is 9.28. The molecule has 1 atom stereocenters. The van der Waals surface area contributed by atoms with Crippen molar-refractivity contribution in [2.75, 3.05) is 26.3 Å². The molecule has 30 heavy (non-hydrogen) atoms. The van der Waals surface area contributed by atoms with Crippen molar-refractivity contribution in [1.29, 1.82) is 0 Å². The van der Waals surface area contributed by atoms with Gasteiger partial charge in [0.2, 0.25) is 5.01 Å². The van der Waals surface area contributed by atoms with Crippen LogP contribution in [0.1, 0.15) is 28.2 Å². The predicted octanol–water partition coefficient (Wildman–Crippen LogP) is 2.58. The standard InChI is InChI=1S/C21H22N6O2S/c22-19(28)21-26-25-20(30-21)13-5-6-16-14(11-13)15(12-23-16)17-3-1-2-4-18(24-17)27-7-9-29-10-8-27/h1,3,5-6,11-12,18,23H,2,4,7-10H2,(H2,22,28). The molecule has 3 aromatic rings. The molecular weight excluding hydrogens is 400 g/mol. The van der Waals surface area contributed by atoms with Crippen molar-refractivity contribution in [1.82, 2.24) is 20.1 Å². The number of H-pyrrole nitrogens is 1. The lowest BCUT2D eigenvalue weighted by Crippen LogP contribution is -2.42. The Morgan fingerprint density at radius 2 is 2.13 bits per heavy atom. The first-order valence-corrected chi connectivity index (χ1v) is 10.8. The Hall–Kier alpha value is -2.88. The molecule has 2 aromatic heterocycles. The summed E-state index contributed by atoms with van der Waals surface area (Å²) in [6.45, 7) is 3.36. The molecule has 8 nitrogen and oxygen atoms in total. The van der Waals surface area contributed by atoms with Crippen molar-refractivity contribution in [3.8, 4) is 10.6 Å². The second kappa shape index (κ2) is 8.10. The summed E-state index contributed by atoms with van der Waals surface area (Å²) < 4.78 is 5.50. The SMILES string of the molecule is NC(=O)c1nnc(-c2ccc3[nH]cc(C4=NC(N5CCOCC5)CCC=C4)c3c2)s1. The molecule has 4 heterocycles. The number of hydrogen-bond donors (Lipinski definition) is 2. The minimum absolute atomic E-state index is 0.160. The summed E-state index contributed by atoms with van der Waals surface area (Å²) in [6, 6.07) is 6.05. The Morgan fingerprint density at radius 3 is 2.93 bits per heavy atom. The number of benzene rings is 1. The number of allylic oxidation sites excluding steroid dienone is 2. The average Bonchev–Trinajstić information content (AvgIpc) is 3.36. The smallest absolute Gasteiger partial charge is 0.279 e. The lowest BCUT2D eigenvalue weighted by molar-refractivity contribution is 0.0170. The van der Waals surface area contributed by atoms with Crippen LogP contribution in [0.3, 0.4) is 0 Å². The van der Waals surface area contributed by atoms with Gasteiger partial charge in [0.1, 0.15) is 11.2 Å². The number of aromatic amines is 1. The third kappa shape index (κ3) is 3.67. The van der Waals surface area contributed by atoms with E-state index in [0.717, 1.165) is 66.9 Å². The molecule has 154 valence electrons. The van der Waals surface area contributed by atoms with Gasteiger partial charge in [0, 0.05) is 41.3 Å². The Morgan fingerprint density at radius 1 is 1.27 bits per heavy atom. The van der Waals surface area contributed by atoms with E-state index in [1.54, 1.807) is 0 Å². The van der Waals surface area contributed by atoms with Gasteiger partial charge in [0.15, 0.2) is 0 Å². The maximum Gasteiger partial charge on any atom is 0.279 e. The quantitative estimate of drug-likeness (QED) is 0.672. The van der Waals surface area contributed by atoms with Crippen LogP contribution < -0.4 is 5.73 Å². The molecular formula is C21H22N6O2S. The fourth-order valence-corrected chi connectivity index (χ4v) is 4.60. The second-order valence-corrected chi connectivity index (χ2v) is 8.34. The van der Waals surface area contributed by atoms with Gasteiger partial charge < -0.3 is 15.5 Å². The van der Waals surface area contributed by atoms with Crippen LogP contribution in [0.2, 0.25) is 0 Å². The van der Waals surface area contributed by atoms with Crippen LogP contribution in [-0.2, 0) is 4.74 Å². The van der Waals surface area contributed by atoms with Crippen LogP contribution in [0.5, 0.6) is 0 Å². The molecule has 1 aromatic carbocycles. The third-order valence-corrected chi connectivity index (χ3v) is 6.45. The maximum absolute atomic E-state index is 11.4. The lowest BCUT2D eigenvalue weighted by Gasteiger charge is -2.32. The van der Waals surface area contributed by atoms with Gasteiger partial charge in [-0.2, -0.15) is 0 Å². The van der Waals surface area contributed by atoms with Crippen LogP contribution in [0.15, 0.2) is 41.5 Å². The van der Waals surface area contributed by atoms with E-state index in [9.17, 15) is 4.79 Å². The van der Waals surface area contributed by atoms with Gasteiger partial charge in [-0.15, -0.1) is 10.2 Å². The molecule has 1 amide bonds. The number of rotatable bonds is 4. The fourth-order valence-electron chi connectivity index (χ4n) is 3.91. The largest absolute Gasteiger partial charge is 0.379 e. The van der Waals surface area contributed by atoms with E-state index >= 15 is 0 Å². The number of nitrogens with one attached hydrogen (secondary N) is 1. The number of hydrogen-bond acceptors (Lipinski definition) is 7. The molecule has 0 bridgehead atoms. The number of aliphatic imine (C=N–C) groups is 1. The zero-order valence-electron chi connectivity index (χ0n) is 16.4. The molecule has 1 fully saturated rings. The van der Waals surface area contributed by atoms with E-state index in [1.807, 2.05) is 18.3 Å². The maximum atomic E-state index is 11.4. The molecule has 1 unspecified atom stereocenters. The second-order valence-electron chi connectivity index (χ2n) is 7.36. The fraction of sp³-hybridized carbons (Fsp3) is 0.333. The van der Waals surface area contributed by atoms with Gasteiger partial charge in [-0.25, -0.2) is 0 Å². The summed E-state index contributed by atoms with van der Waals surface area (Å²) in [4.78, 5) is 22.2. The van der Waals surface area contributed by atoms with Gasteiger partial charge >= 0.3 is 0 Å². The highest BCUT2D eigenvalue weighted by Crippen LogP contribution is 2.29. The summed E-state index contributed by atoms with van der Waals surface area (Å²) in [5, 5.41) is 9.95. The van der Waals surface area contributed by atoms with Gasteiger partial charge in [-0.05, 0) is 37.1 Å². The number of fused-ring (bicyclic) bond motifs is 1. The number of ether oxygens (including phenoxy) is 1. The monoisotopic (exact) mass is 422 g/mol. The molecule has 5 rings (SSSR count). The number of carbonyl (C=O) groups excluding carboxylic acids is 1. The molecule has 2 aliphatic rings. The van der Waals surface area contributed by atoms with E-state index in [2.05, 4.69) is 38.3 Å². The normalized spacial score (nSPS) is 20.3. The number of carbonyl (C=O) groups is 1. The minimum atomic E-state index is -0.561. The summed E-state index contributed by atoms with van der Waals surface area (Å²) in [5.74, 6) is -0.561. The summed E-state index contributed by atoms with van der Waals surface area (Å²) in [6.07, 6.45) is 8.50. The molecule has 0 radical (unpaired) electrons. The minimum Gasteiger partial charge on any atom is -0.379 e. The first-order chi connectivity index (χ1) is 14.7. The molecule has 0 saturated carbocycles. The number of morpholine rings is 1. The van der Waals surface area contributed by atoms with Crippen LogP contribution in [-0.4, -0.2) is 64.2 Å². The molecule has 0 aliphatic carbocycles. The van der Waals surface area contributed by atoms with Crippen molar-refractivity contribution in [2.45, 2.75) is 19.0 Å². The number of amides is 1. The van der Waals surface area contributed by atoms with Gasteiger partial charge in [-0.3, -0.25) is 14.7 Å². The van der Waals surface area contributed by atoms with E-state index in [1.165, 1.54) is 11.3 Å². The van der Waals surface area contributed by atoms with Crippen LogP contribution >= 0.6 is 11.3 Å². The van der Waals surface area contributed by atoms with Crippen LogP contribution in [0, 0.1) is 0 Å². The zero-order chi connectivity index (χ0) is 20.5. The molecule has 1 saturated heterocycles. The average molecular weight is 423 g/mol. The van der Waals surface area contributed by atoms with Crippen molar-refractivity contribution in [3.05, 3.63) is 47.1 Å². The summed E-state index contributed by atoms with van der Waals surface area (Å²) >= 11 is 1.20. The van der Waals surface area contributed by atoms with Crippen LogP contribution in [0.25, 0.3) is 21.5 Å². The zero-order valence-corrected chi connectivity index (χ0v) is 17.2. The molecule has 3 N–H and O–H groups in total. The van der Waals surface area contributed by atoms with E-state index in [4.69, 9.17) is 15.5 Å². The Balaban J connectivity index is 1.52. The Kier molecular flexibility index (Phi) is 5.16. The van der Waals surface area contributed by atoms with E-state index < -0.39 is 5.91 Å². The highest BCUT2D eigenvalue weighted by atomic mass is 32.1. The van der Waals surface area contributed by atoms with Crippen molar-refractivity contribution < 1.29 is 9.53 Å². The molecule has 2 aliphatic heterocycles. The number of nitrogens with two attached hydrogens (primary N) is 1. The number of aromatic nitrogens is 3. The number of nitrogens with zero attached hydrogens (tertiary/aromatic N) is 4. The first kappa shape index (κ1) is 19.1. The van der Waals surface area contributed by atoms with Gasteiger partial charge in [0.05, 0.1) is 18.9 Å². The van der Waals surface area contributed by atoms with Gasteiger partial charge in [-0.1, -0.05) is 17.4 Å². The van der Waals surface area contributed by atoms with Crippen molar-refractivity contribution >= 4 is 33.9 Å². The predicted molar refractivity (Wildman–Crippen MR) is 117 cm³/mol.